The third-order valence-electron chi connectivity index (χ3n) is 4.95. The molecule has 0 aliphatic rings. The zero-order chi connectivity index (χ0) is 23.0. The van der Waals surface area contributed by atoms with Crippen molar-refractivity contribution in [1.29, 1.82) is 0 Å². The number of anilines is 1. The topological polar surface area (TPSA) is 94.7 Å². The average molecular weight is 447 g/mol. The van der Waals surface area contributed by atoms with Crippen LogP contribution in [0.3, 0.4) is 0 Å². The number of nitrogens with zero attached hydrogens (tertiary/aromatic N) is 1. The molecule has 0 saturated carbocycles. The fraction of sp³-hybridized carbons (Fsp3) is 0.200. The van der Waals surface area contributed by atoms with Crippen molar-refractivity contribution in [3.63, 3.8) is 0 Å². The lowest BCUT2D eigenvalue weighted by Crippen LogP contribution is -2.18. The van der Waals surface area contributed by atoms with Crippen LogP contribution in [0.5, 0.6) is 17.2 Å². The summed E-state index contributed by atoms with van der Waals surface area (Å²) in [6, 6.07) is 20.8. The van der Waals surface area contributed by atoms with Crippen molar-refractivity contribution in [2.45, 2.75) is 13.2 Å². The Bertz CT molecular complexity index is 1200. The number of hydrogen-bond donors (Lipinski definition) is 2. The first-order valence-corrected chi connectivity index (χ1v) is 10.4. The van der Waals surface area contributed by atoms with Crippen LogP contribution in [0.4, 0.5) is 5.82 Å². The van der Waals surface area contributed by atoms with Gasteiger partial charge in [0.15, 0.2) is 5.82 Å². The van der Waals surface area contributed by atoms with Crippen LogP contribution in [0.25, 0.3) is 10.9 Å². The summed E-state index contributed by atoms with van der Waals surface area (Å²) in [7, 11) is 3.22. The summed E-state index contributed by atoms with van der Waals surface area (Å²) in [6.07, 6.45) is 0. The van der Waals surface area contributed by atoms with Gasteiger partial charge < -0.3 is 24.3 Å². The van der Waals surface area contributed by atoms with Crippen LogP contribution in [0.1, 0.15) is 11.1 Å². The predicted octanol–water partition coefficient (Wildman–Crippen LogP) is 4.31. The van der Waals surface area contributed by atoms with E-state index in [1.54, 1.807) is 14.2 Å². The number of carbonyl (C=O) groups excluding carboxylic acids is 1. The highest BCUT2D eigenvalue weighted by atomic mass is 16.5. The molecule has 0 bridgehead atoms. The maximum Gasteiger partial charge on any atom is 0.251 e. The van der Waals surface area contributed by atoms with Crippen molar-refractivity contribution in [3.05, 3.63) is 77.9 Å². The van der Waals surface area contributed by atoms with Crippen LogP contribution in [-0.2, 0) is 22.7 Å². The zero-order valence-corrected chi connectivity index (χ0v) is 18.5. The Morgan fingerprint density at radius 3 is 2.36 bits per heavy atom. The van der Waals surface area contributed by atoms with Gasteiger partial charge in [0.05, 0.1) is 26.3 Å². The van der Waals surface area contributed by atoms with Gasteiger partial charge in [-0.2, -0.15) is 5.10 Å². The molecule has 0 radical (unpaired) electrons. The van der Waals surface area contributed by atoms with Crippen LogP contribution >= 0.6 is 0 Å². The van der Waals surface area contributed by atoms with Crippen LogP contribution in [0.2, 0.25) is 0 Å². The number of aromatic nitrogens is 2. The number of rotatable bonds is 10. The second-order valence-corrected chi connectivity index (χ2v) is 7.32. The van der Waals surface area contributed by atoms with E-state index < -0.39 is 0 Å². The molecule has 1 heterocycles. The molecule has 4 rings (SSSR count). The van der Waals surface area contributed by atoms with E-state index >= 15 is 0 Å². The lowest BCUT2D eigenvalue weighted by Gasteiger charge is -2.10. The van der Waals surface area contributed by atoms with Crippen LogP contribution in [0, 0.1) is 0 Å². The number of nitrogens with one attached hydrogen (secondary N) is 2. The minimum absolute atomic E-state index is 0.0611. The molecule has 33 heavy (non-hydrogen) atoms. The molecule has 0 fully saturated rings. The Morgan fingerprint density at radius 2 is 1.64 bits per heavy atom. The number of benzene rings is 3. The van der Waals surface area contributed by atoms with Gasteiger partial charge in [0.25, 0.3) is 5.91 Å². The maximum absolute atomic E-state index is 12.2. The normalized spacial score (nSPS) is 10.7. The van der Waals surface area contributed by atoms with Crippen molar-refractivity contribution in [2.24, 2.45) is 0 Å². The van der Waals surface area contributed by atoms with Gasteiger partial charge in [0, 0.05) is 17.5 Å². The van der Waals surface area contributed by atoms with Gasteiger partial charge in [-0.3, -0.25) is 9.89 Å². The lowest BCUT2D eigenvalue weighted by molar-refractivity contribution is -0.121. The van der Waals surface area contributed by atoms with E-state index in [4.69, 9.17) is 18.9 Å². The van der Waals surface area contributed by atoms with Gasteiger partial charge in [-0.15, -0.1) is 0 Å². The fourth-order valence-electron chi connectivity index (χ4n) is 3.30. The quantitative estimate of drug-likeness (QED) is 0.376. The Kier molecular flexibility index (Phi) is 7.06. The maximum atomic E-state index is 12.2. The Labute approximate surface area is 191 Å². The first-order valence-electron chi connectivity index (χ1n) is 10.4. The fourth-order valence-corrected chi connectivity index (χ4v) is 3.30. The lowest BCUT2D eigenvalue weighted by atomic mass is 10.2. The summed E-state index contributed by atoms with van der Waals surface area (Å²) in [5.74, 6) is 2.24. The van der Waals surface area contributed by atoms with Gasteiger partial charge in [-0.25, -0.2) is 0 Å². The van der Waals surface area contributed by atoms with Crippen LogP contribution < -0.4 is 19.5 Å². The molecular weight excluding hydrogens is 422 g/mol. The highest BCUT2D eigenvalue weighted by Crippen LogP contribution is 2.27. The van der Waals surface area contributed by atoms with E-state index in [1.165, 1.54) is 0 Å². The minimum Gasteiger partial charge on any atom is -0.497 e. The second-order valence-electron chi connectivity index (χ2n) is 7.32. The molecule has 0 saturated heterocycles. The molecule has 3 aromatic carbocycles. The molecule has 0 aliphatic carbocycles. The molecule has 1 aromatic heterocycles. The van der Waals surface area contributed by atoms with Gasteiger partial charge in [0.1, 0.15) is 30.5 Å². The number of carbonyl (C=O) groups is 1. The zero-order valence-electron chi connectivity index (χ0n) is 18.5. The first kappa shape index (κ1) is 22.2. The van der Waals surface area contributed by atoms with Crippen molar-refractivity contribution < 1.29 is 23.7 Å². The van der Waals surface area contributed by atoms with Gasteiger partial charge in [-0.05, 0) is 35.4 Å². The molecule has 0 aliphatic heterocycles. The summed E-state index contributed by atoms with van der Waals surface area (Å²) in [4.78, 5) is 12.2. The smallest absolute Gasteiger partial charge is 0.251 e. The van der Waals surface area contributed by atoms with Gasteiger partial charge in [-0.1, -0.05) is 30.3 Å². The Morgan fingerprint density at radius 1 is 0.879 bits per heavy atom. The number of ether oxygens (including phenoxy) is 4. The first-order chi connectivity index (χ1) is 16.1. The summed E-state index contributed by atoms with van der Waals surface area (Å²) in [5.41, 5.74) is 2.67. The summed E-state index contributed by atoms with van der Waals surface area (Å²) >= 11 is 0. The Balaban J connectivity index is 1.34. The van der Waals surface area contributed by atoms with Crippen molar-refractivity contribution in [2.75, 3.05) is 26.1 Å². The third kappa shape index (κ3) is 5.81. The highest BCUT2D eigenvalue weighted by molar-refractivity contribution is 6.00. The van der Waals surface area contributed by atoms with Gasteiger partial charge in [0.2, 0.25) is 0 Å². The van der Waals surface area contributed by atoms with E-state index in [9.17, 15) is 4.79 Å². The van der Waals surface area contributed by atoms with E-state index in [0.717, 1.165) is 22.0 Å². The van der Waals surface area contributed by atoms with E-state index in [-0.39, 0.29) is 12.5 Å². The molecule has 2 N–H and O–H groups in total. The molecule has 0 unspecified atom stereocenters. The van der Waals surface area contributed by atoms with E-state index in [2.05, 4.69) is 15.5 Å². The molecule has 170 valence electrons. The number of H-pyrrole nitrogens is 1. The number of hydrogen-bond acceptors (Lipinski definition) is 6. The van der Waals surface area contributed by atoms with Crippen LogP contribution in [-0.4, -0.2) is 36.9 Å². The molecule has 8 heteroatoms. The molecule has 0 spiro atoms. The minimum atomic E-state index is -0.272. The summed E-state index contributed by atoms with van der Waals surface area (Å²) < 4.78 is 22.0. The number of methoxy groups -OCH3 is 2. The number of fused-ring (bicyclic) bond motifs is 1. The van der Waals surface area contributed by atoms with Crippen molar-refractivity contribution >= 4 is 22.6 Å². The largest absolute Gasteiger partial charge is 0.497 e. The standard InChI is InChI=1S/C25H25N3O5/c1-30-20-10-18(11-21(12-20)31-2)15-33-19-8-9-22-23(13-19)27-28-25(22)26-24(29)16-32-14-17-6-4-3-5-7-17/h3-13H,14-16H2,1-2H3,(H2,26,27,28,29). The van der Waals surface area contributed by atoms with E-state index in [0.29, 0.717) is 36.3 Å². The Hall–Kier alpha value is -4.04. The predicted molar refractivity (Wildman–Crippen MR) is 125 cm³/mol. The number of amides is 1. The molecule has 4 aromatic rings. The highest BCUT2D eigenvalue weighted by Gasteiger charge is 2.11. The van der Waals surface area contributed by atoms with Crippen molar-refractivity contribution in [3.8, 4) is 17.2 Å². The molecular formula is C25H25N3O5. The average Bonchev–Trinajstić information content (AvgIpc) is 3.24. The third-order valence-corrected chi connectivity index (χ3v) is 4.95. The molecule has 1 amide bonds. The summed E-state index contributed by atoms with van der Waals surface area (Å²) in [5, 5.41) is 10.7. The summed E-state index contributed by atoms with van der Waals surface area (Å²) in [6.45, 7) is 0.652. The van der Waals surface area contributed by atoms with E-state index in [1.807, 2.05) is 66.7 Å². The van der Waals surface area contributed by atoms with Crippen molar-refractivity contribution in [1.82, 2.24) is 10.2 Å². The SMILES string of the molecule is COc1cc(COc2ccc3c(NC(=O)COCc4ccccc4)n[nH]c3c2)cc(OC)c1. The number of aromatic amines is 1. The van der Waals surface area contributed by atoms with Crippen LogP contribution in [0.15, 0.2) is 66.7 Å². The monoisotopic (exact) mass is 447 g/mol. The molecule has 8 nitrogen and oxygen atoms in total. The molecule has 0 atom stereocenters. The van der Waals surface area contributed by atoms with Gasteiger partial charge >= 0.3 is 0 Å². The second kappa shape index (κ2) is 10.5.